The number of allylic oxidation sites excluding steroid dienone is 11. The molecule has 8 bridgehead atoms. The van der Waals surface area contributed by atoms with Crippen LogP contribution in [0.1, 0.15) is 47.0 Å². The van der Waals surface area contributed by atoms with Crippen molar-refractivity contribution in [1.82, 2.24) is 5.32 Å². The van der Waals surface area contributed by atoms with Gasteiger partial charge in [-0.15, -0.1) is 0 Å². The first kappa shape index (κ1) is 33.0. The number of hydrogen-bond donors (Lipinski definition) is 3. The molecule has 5 aliphatic heterocycles. The number of aliphatic hydroxyl groups is 1. The van der Waals surface area contributed by atoms with Crippen LogP contribution in [-0.4, -0.2) is 75.2 Å². The molecule has 0 spiro atoms. The third-order valence-electron chi connectivity index (χ3n) is 9.40. The Bertz CT molecular complexity index is 1870. The van der Waals surface area contributed by atoms with E-state index in [1.807, 2.05) is 32.9 Å². The number of fused-ring (bicyclic) bond motifs is 5. The molecule has 230 valence electrons. The van der Waals surface area contributed by atoms with Crippen LogP contribution in [0.5, 0.6) is 0 Å². The van der Waals surface area contributed by atoms with Crippen molar-refractivity contribution < 1.29 is 29.3 Å². The molecule has 11 heteroatoms. The van der Waals surface area contributed by atoms with Gasteiger partial charge in [0.1, 0.15) is 5.92 Å². The minimum Gasteiger partial charge on any atom is -0.515 e. The monoisotopic (exact) mass is 630 g/mol. The van der Waals surface area contributed by atoms with Crippen LogP contribution in [0.3, 0.4) is 0 Å². The molecule has 6 rings (SSSR count). The zero-order chi connectivity index (χ0) is 32.3. The van der Waals surface area contributed by atoms with E-state index >= 15 is 0 Å². The molecule has 5 heterocycles. The molecule has 10 nitrogen and oxygen atoms in total. The number of nitrogens with zero attached hydrogens (tertiary/aromatic N) is 3. The Morgan fingerprint density at radius 1 is 1.09 bits per heavy atom. The van der Waals surface area contributed by atoms with Gasteiger partial charge in [-0.1, -0.05) is 26.5 Å². The van der Waals surface area contributed by atoms with Crippen molar-refractivity contribution in [2.45, 2.75) is 47.0 Å². The minimum absolute atomic E-state index is 0. The Kier molecular flexibility index (Phi) is 8.93. The molecule has 3 unspecified atom stereocenters. The third-order valence-corrected chi connectivity index (χ3v) is 9.40. The van der Waals surface area contributed by atoms with Gasteiger partial charge < -0.3 is 20.3 Å². The number of carboxylic acid groups (broad SMARTS) is 1. The van der Waals surface area contributed by atoms with Gasteiger partial charge in [-0.25, -0.2) is 15.0 Å². The summed E-state index contributed by atoms with van der Waals surface area (Å²) in [4.78, 5) is 53.6. The zero-order valence-corrected chi connectivity index (χ0v) is 27.9. The number of aliphatic carboxylic acids is 1. The molecule has 1 aliphatic carbocycles. The number of carbonyl (C=O) groups is 3. The number of nitrogens with one attached hydrogen (secondary N) is 1. The standard InChI is InChI=1S/C35H34N4O6.Mg/c1-7-18-15(3)22-11-23-16(4)20(9-10-28(41)42)32(38-23)30-31(35(44)45-6)34(43)29-17(5)24(39-33(29)30)12-26-19(8-2)21(14-40)27(37-26)13-25(18)36-22;/h7,11-14,16,20,31,38,40H,1,8-10H2,2-6H3,(H,41,42);/q;+2/b21-14+,23-11?,24-12?,25-13?,32-30?;. The quantitative estimate of drug-likeness (QED) is 0.163. The van der Waals surface area contributed by atoms with Crippen molar-refractivity contribution in [3.63, 3.8) is 0 Å². The first-order valence-electron chi connectivity index (χ1n) is 14.9. The molecule has 46 heavy (non-hydrogen) atoms. The summed E-state index contributed by atoms with van der Waals surface area (Å²) in [5.41, 5.74) is 9.16. The van der Waals surface area contributed by atoms with Crippen LogP contribution < -0.4 is 5.32 Å². The molecule has 6 aliphatic rings. The van der Waals surface area contributed by atoms with E-state index in [9.17, 15) is 24.6 Å². The van der Waals surface area contributed by atoms with Gasteiger partial charge in [0.05, 0.1) is 47.6 Å². The average Bonchev–Trinajstić information content (AvgIpc) is 3.76. The van der Waals surface area contributed by atoms with Gasteiger partial charge in [0.15, 0.2) is 5.78 Å². The molecule has 0 amide bonds. The number of carboxylic acids is 1. The number of hydrogen-bond acceptors (Lipinski definition) is 9. The Morgan fingerprint density at radius 2 is 1.83 bits per heavy atom. The molecule has 3 atom stereocenters. The van der Waals surface area contributed by atoms with Gasteiger partial charge in [-0.2, -0.15) is 0 Å². The van der Waals surface area contributed by atoms with Crippen molar-refractivity contribution in [3.05, 3.63) is 105 Å². The molecule has 0 aromatic rings. The van der Waals surface area contributed by atoms with Crippen molar-refractivity contribution in [3.8, 4) is 0 Å². The van der Waals surface area contributed by atoms with E-state index < -0.39 is 23.6 Å². The number of aliphatic hydroxyl groups excluding tert-OH is 1. The molecular formula is C35H34MgN4O6+2. The summed E-state index contributed by atoms with van der Waals surface area (Å²) in [7, 11) is 1.24. The molecule has 0 radical (unpaired) electrons. The van der Waals surface area contributed by atoms with Crippen LogP contribution >= 0.6 is 0 Å². The number of rotatable bonds is 6. The fraction of sp³-hybridized carbons (Fsp3) is 0.314. The first-order valence-corrected chi connectivity index (χ1v) is 14.9. The zero-order valence-electron chi connectivity index (χ0n) is 26.5. The fourth-order valence-electron chi connectivity index (χ4n) is 6.99. The molecular weight excluding hydrogens is 597 g/mol. The number of aliphatic imine (C=N–C) groups is 3. The minimum atomic E-state index is -1.24. The number of methoxy groups -OCH3 is 1. The van der Waals surface area contributed by atoms with Gasteiger partial charge >= 0.3 is 35.0 Å². The summed E-state index contributed by atoms with van der Waals surface area (Å²) in [6.07, 6.45) is 9.09. The number of ether oxygens (including phenoxy) is 1. The van der Waals surface area contributed by atoms with Crippen LogP contribution in [0.2, 0.25) is 0 Å². The topological polar surface area (TPSA) is 150 Å². The Morgan fingerprint density at radius 3 is 2.46 bits per heavy atom. The van der Waals surface area contributed by atoms with Crippen LogP contribution in [-0.2, 0) is 19.1 Å². The maximum absolute atomic E-state index is 14.0. The molecule has 0 aromatic heterocycles. The summed E-state index contributed by atoms with van der Waals surface area (Å²) in [5, 5.41) is 23.4. The second-order valence-corrected chi connectivity index (χ2v) is 11.7. The van der Waals surface area contributed by atoms with Crippen molar-refractivity contribution in [2.24, 2.45) is 32.7 Å². The first-order chi connectivity index (χ1) is 21.5. The SMILES string of the molecule is C=CC1=C(C)C2=NC1=CC1=NC(=C(CC)/C1=C\O)C=C1N=C3C(=C1C)C(=O)C(C(=O)OC)C3=C1NC(=C2)C(C)C1CCC(=O)O.[Mg+2]. The van der Waals surface area contributed by atoms with Crippen molar-refractivity contribution in [2.75, 3.05) is 7.11 Å². The summed E-state index contributed by atoms with van der Waals surface area (Å²) >= 11 is 0. The van der Waals surface area contributed by atoms with Crippen LogP contribution in [0.15, 0.2) is 120 Å². The van der Waals surface area contributed by atoms with E-state index in [2.05, 4.69) is 11.9 Å². The van der Waals surface area contributed by atoms with Crippen molar-refractivity contribution >= 4 is 57.9 Å². The Labute approximate surface area is 283 Å². The summed E-state index contributed by atoms with van der Waals surface area (Å²) in [6, 6.07) is 0. The Balaban J connectivity index is 0.00000417. The van der Waals surface area contributed by atoms with Crippen LogP contribution in [0, 0.1) is 17.8 Å². The van der Waals surface area contributed by atoms with E-state index in [-0.39, 0.29) is 47.7 Å². The second kappa shape index (κ2) is 12.4. The van der Waals surface area contributed by atoms with Gasteiger partial charge in [0.25, 0.3) is 0 Å². The number of carbonyl (C=O) groups excluding carboxylic acids is 2. The van der Waals surface area contributed by atoms with Gasteiger partial charge in [0, 0.05) is 51.9 Å². The molecule has 1 saturated heterocycles. The smallest absolute Gasteiger partial charge is 0.515 e. The van der Waals surface area contributed by atoms with Crippen molar-refractivity contribution in [1.29, 1.82) is 0 Å². The summed E-state index contributed by atoms with van der Waals surface area (Å²) in [5.74, 6) is -3.83. The van der Waals surface area contributed by atoms with Gasteiger partial charge in [-0.3, -0.25) is 14.4 Å². The largest absolute Gasteiger partial charge is 2.00 e. The van der Waals surface area contributed by atoms with E-state index in [0.717, 1.165) is 28.7 Å². The van der Waals surface area contributed by atoms with E-state index in [1.165, 1.54) is 7.11 Å². The maximum Gasteiger partial charge on any atom is 2.00 e. The Hall–Kier alpha value is -4.35. The number of esters is 1. The van der Waals surface area contributed by atoms with Gasteiger partial charge in [0.2, 0.25) is 0 Å². The summed E-state index contributed by atoms with van der Waals surface area (Å²) < 4.78 is 5.11. The third kappa shape index (κ3) is 5.02. The van der Waals surface area contributed by atoms with E-state index in [4.69, 9.17) is 19.7 Å². The van der Waals surface area contributed by atoms with Crippen LogP contribution in [0.4, 0.5) is 0 Å². The molecule has 1 saturated carbocycles. The number of ketones is 1. The molecule has 0 aromatic carbocycles. The molecule has 2 fully saturated rings. The van der Waals surface area contributed by atoms with E-state index in [0.29, 0.717) is 68.6 Å². The predicted molar refractivity (Wildman–Crippen MR) is 176 cm³/mol. The number of Topliss-reactive ketones (excluding diaryl/α,β-unsaturated/α-hetero) is 1. The maximum atomic E-state index is 14.0. The summed E-state index contributed by atoms with van der Waals surface area (Å²) in [6.45, 7) is 11.7. The van der Waals surface area contributed by atoms with Gasteiger partial charge in [-0.05, 0) is 61.6 Å². The van der Waals surface area contributed by atoms with E-state index in [1.54, 1.807) is 19.1 Å². The average molecular weight is 631 g/mol. The molecule has 3 N–H and O–H groups in total. The normalized spacial score (nSPS) is 25.6. The second-order valence-electron chi connectivity index (χ2n) is 11.7. The fourth-order valence-corrected chi connectivity index (χ4v) is 6.99. The predicted octanol–water partition coefficient (Wildman–Crippen LogP) is 4.91. The van der Waals surface area contributed by atoms with Crippen LogP contribution in [0.25, 0.3) is 0 Å².